The Kier molecular flexibility index (Phi) is 5.21. The number of hydrogen-bond acceptors (Lipinski definition) is 5. The molecule has 0 spiro atoms. The first kappa shape index (κ1) is 17.9. The Morgan fingerprint density at radius 3 is 2.08 bits per heavy atom. The second kappa shape index (κ2) is 6.98. The second-order valence-corrected chi connectivity index (χ2v) is 6.91. The largest absolute Gasteiger partial charge is 0.373 e. The van der Waals surface area contributed by atoms with Crippen molar-refractivity contribution in [3.05, 3.63) is 84.4 Å². The molecule has 0 bridgehead atoms. The van der Waals surface area contributed by atoms with Crippen LogP contribution < -0.4 is 0 Å². The van der Waals surface area contributed by atoms with Gasteiger partial charge < -0.3 is 9.29 Å². The van der Waals surface area contributed by atoms with Gasteiger partial charge in [0.2, 0.25) is 0 Å². The highest BCUT2D eigenvalue weighted by molar-refractivity contribution is 7.86. The molecular weight excluding hydrogens is 328 g/mol. The lowest BCUT2D eigenvalue weighted by atomic mass is 9.77. The van der Waals surface area contributed by atoms with Crippen molar-refractivity contribution in [2.75, 3.05) is 6.26 Å². The van der Waals surface area contributed by atoms with Gasteiger partial charge in [-0.15, -0.1) is 6.58 Å². The van der Waals surface area contributed by atoms with Crippen molar-refractivity contribution >= 4 is 16.1 Å². The zero-order chi connectivity index (χ0) is 17.8. The number of carbonyl (C=O) groups excluding carboxylic acids is 1. The maximum absolute atomic E-state index is 12.6. The van der Waals surface area contributed by atoms with Crippen LogP contribution in [0.5, 0.6) is 0 Å². The third-order valence-corrected chi connectivity index (χ3v) is 4.05. The van der Waals surface area contributed by atoms with Gasteiger partial charge in [-0.25, -0.2) is 4.79 Å². The summed E-state index contributed by atoms with van der Waals surface area (Å²) in [5, 5.41) is 11.2. The second-order valence-electron chi connectivity index (χ2n) is 5.33. The molecular formula is C18H18O5S. The van der Waals surface area contributed by atoms with Crippen LogP contribution in [0.15, 0.2) is 73.3 Å². The number of rotatable bonds is 6. The molecule has 2 unspecified atom stereocenters. The predicted molar refractivity (Wildman–Crippen MR) is 90.7 cm³/mol. The molecule has 0 saturated heterocycles. The molecule has 0 fully saturated rings. The molecule has 2 atom stereocenters. The molecule has 0 aliphatic rings. The Bertz CT molecular complexity index is 815. The van der Waals surface area contributed by atoms with E-state index in [0.717, 1.165) is 6.26 Å². The van der Waals surface area contributed by atoms with Gasteiger partial charge in [-0.1, -0.05) is 66.7 Å². The SMILES string of the molecule is C=CC(c1ccccc1)C(O)(C(=O)OS(C)(=O)=O)c1ccccc1. The molecule has 0 heterocycles. The van der Waals surface area contributed by atoms with Gasteiger partial charge in [-0.05, 0) is 11.1 Å². The molecule has 126 valence electrons. The molecule has 0 saturated carbocycles. The quantitative estimate of drug-likeness (QED) is 0.641. The van der Waals surface area contributed by atoms with Gasteiger partial charge in [0.05, 0.1) is 6.26 Å². The minimum absolute atomic E-state index is 0.215. The minimum Gasteiger partial charge on any atom is -0.373 e. The molecule has 5 nitrogen and oxygen atoms in total. The predicted octanol–water partition coefficient (Wildman–Crippen LogP) is 2.35. The lowest BCUT2D eigenvalue weighted by molar-refractivity contribution is -0.157. The Labute approximate surface area is 141 Å². The summed E-state index contributed by atoms with van der Waals surface area (Å²) < 4.78 is 27.3. The minimum atomic E-state index is -4.08. The van der Waals surface area contributed by atoms with Crippen LogP contribution in [-0.4, -0.2) is 25.7 Å². The Morgan fingerprint density at radius 1 is 1.12 bits per heavy atom. The molecule has 6 heteroatoms. The van der Waals surface area contributed by atoms with Crippen molar-refractivity contribution in [2.24, 2.45) is 0 Å². The summed E-state index contributed by atoms with van der Waals surface area (Å²) >= 11 is 0. The van der Waals surface area contributed by atoms with E-state index in [1.165, 1.54) is 18.2 Å². The van der Waals surface area contributed by atoms with E-state index in [9.17, 15) is 18.3 Å². The molecule has 2 rings (SSSR count). The topological polar surface area (TPSA) is 80.7 Å². The highest BCUT2D eigenvalue weighted by Crippen LogP contribution is 2.39. The Balaban J connectivity index is 2.62. The summed E-state index contributed by atoms with van der Waals surface area (Å²) in [5.74, 6) is -2.17. The van der Waals surface area contributed by atoms with Gasteiger partial charge >= 0.3 is 16.1 Å². The fourth-order valence-electron chi connectivity index (χ4n) is 2.53. The van der Waals surface area contributed by atoms with Crippen LogP contribution in [0.4, 0.5) is 0 Å². The Hall–Kier alpha value is -2.44. The first-order valence-electron chi connectivity index (χ1n) is 7.18. The fourth-order valence-corrected chi connectivity index (χ4v) is 2.93. The standard InChI is InChI=1S/C18H18O5S/c1-3-16(14-10-6-4-7-11-14)18(20,15-12-8-5-9-13-15)17(19)23-24(2,21)22/h3-13,16,20H,1H2,2H3. The molecule has 0 aliphatic heterocycles. The summed E-state index contributed by atoms with van der Waals surface area (Å²) in [4.78, 5) is 12.6. The molecule has 2 aromatic carbocycles. The molecule has 24 heavy (non-hydrogen) atoms. The molecule has 0 radical (unpaired) electrons. The zero-order valence-corrected chi connectivity index (χ0v) is 13.9. The summed E-state index contributed by atoms with van der Waals surface area (Å²) in [5.41, 5.74) is -1.41. The van der Waals surface area contributed by atoms with Crippen molar-refractivity contribution in [3.8, 4) is 0 Å². The van der Waals surface area contributed by atoms with E-state index >= 15 is 0 Å². The van der Waals surface area contributed by atoms with E-state index < -0.39 is 27.6 Å². The molecule has 0 aliphatic carbocycles. The first-order valence-corrected chi connectivity index (χ1v) is 9.00. The summed E-state index contributed by atoms with van der Waals surface area (Å²) in [6.45, 7) is 3.69. The number of aliphatic hydroxyl groups is 1. The monoisotopic (exact) mass is 346 g/mol. The van der Waals surface area contributed by atoms with Crippen LogP contribution >= 0.6 is 0 Å². The van der Waals surface area contributed by atoms with Crippen molar-refractivity contribution in [1.82, 2.24) is 0 Å². The third-order valence-electron chi connectivity index (χ3n) is 3.60. The van der Waals surface area contributed by atoms with Gasteiger partial charge in [0, 0.05) is 5.92 Å². The van der Waals surface area contributed by atoms with Crippen LogP contribution in [0.1, 0.15) is 17.0 Å². The van der Waals surface area contributed by atoms with Crippen LogP contribution in [0.2, 0.25) is 0 Å². The van der Waals surface area contributed by atoms with E-state index in [-0.39, 0.29) is 5.56 Å². The summed E-state index contributed by atoms with van der Waals surface area (Å²) in [7, 11) is -4.08. The van der Waals surface area contributed by atoms with Crippen LogP contribution in [0.25, 0.3) is 0 Å². The number of hydrogen-bond donors (Lipinski definition) is 1. The van der Waals surface area contributed by atoms with Crippen LogP contribution in [0, 0.1) is 0 Å². The van der Waals surface area contributed by atoms with Gasteiger partial charge in [0.1, 0.15) is 0 Å². The fraction of sp³-hybridized carbons (Fsp3) is 0.167. The van der Waals surface area contributed by atoms with Crippen molar-refractivity contribution < 1.29 is 22.5 Å². The van der Waals surface area contributed by atoms with Gasteiger partial charge in [0.25, 0.3) is 0 Å². The van der Waals surface area contributed by atoms with Crippen molar-refractivity contribution in [1.29, 1.82) is 0 Å². The first-order chi connectivity index (χ1) is 11.3. The molecule has 1 N–H and O–H groups in total. The summed E-state index contributed by atoms with van der Waals surface area (Å²) in [6, 6.07) is 16.8. The van der Waals surface area contributed by atoms with Gasteiger partial charge in [-0.3, -0.25) is 0 Å². The van der Waals surface area contributed by atoms with Crippen LogP contribution in [0.3, 0.4) is 0 Å². The maximum Gasteiger partial charge on any atom is 0.359 e. The van der Waals surface area contributed by atoms with E-state index in [1.807, 2.05) is 0 Å². The molecule has 0 aromatic heterocycles. The lowest BCUT2D eigenvalue weighted by Crippen LogP contribution is -2.43. The van der Waals surface area contributed by atoms with E-state index in [4.69, 9.17) is 0 Å². The highest BCUT2D eigenvalue weighted by Gasteiger charge is 2.47. The summed E-state index contributed by atoms with van der Waals surface area (Å²) in [6.07, 6.45) is 2.15. The van der Waals surface area contributed by atoms with Crippen molar-refractivity contribution in [2.45, 2.75) is 11.5 Å². The van der Waals surface area contributed by atoms with Crippen molar-refractivity contribution in [3.63, 3.8) is 0 Å². The number of carbonyl (C=O) groups is 1. The Morgan fingerprint density at radius 2 is 1.62 bits per heavy atom. The van der Waals surface area contributed by atoms with E-state index in [0.29, 0.717) is 5.56 Å². The van der Waals surface area contributed by atoms with Gasteiger partial charge in [0.15, 0.2) is 5.60 Å². The molecule has 0 amide bonds. The average molecular weight is 346 g/mol. The maximum atomic E-state index is 12.6. The van der Waals surface area contributed by atoms with E-state index in [2.05, 4.69) is 10.8 Å². The smallest absolute Gasteiger partial charge is 0.359 e. The third kappa shape index (κ3) is 3.72. The van der Waals surface area contributed by atoms with Gasteiger partial charge in [-0.2, -0.15) is 8.42 Å². The van der Waals surface area contributed by atoms with Crippen LogP contribution in [-0.2, 0) is 24.7 Å². The number of benzene rings is 2. The lowest BCUT2D eigenvalue weighted by Gasteiger charge is -2.32. The van der Waals surface area contributed by atoms with E-state index in [1.54, 1.807) is 48.5 Å². The zero-order valence-electron chi connectivity index (χ0n) is 13.1. The average Bonchev–Trinajstić information content (AvgIpc) is 2.55. The molecule has 2 aromatic rings. The highest BCUT2D eigenvalue weighted by atomic mass is 32.2. The normalized spacial score (nSPS) is 15.1.